The van der Waals surface area contributed by atoms with E-state index in [1.807, 2.05) is 33.8 Å². The summed E-state index contributed by atoms with van der Waals surface area (Å²) in [4.78, 5) is 25.5. The van der Waals surface area contributed by atoms with Crippen molar-refractivity contribution >= 4 is 18.1 Å². The van der Waals surface area contributed by atoms with E-state index in [-0.39, 0.29) is 18.0 Å². The molecule has 0 aliphatic carbocycles. The van der Waals surface area contributed by atoms with Gasteiger partial charge in [-0.15, -0.1) is 0 Å². The molecule has 138 valence electrons. The molecule has 0 bridgehead atoms. The molecule has 1 saturated heterocycles. The number of hydrogen-bond donors (Lipinski definition) is 0. The molecule has 1 aliphatic heterocycles. The summed E-state index contributed by atoms with van der Waals surface area (Å²) in [6, 6.07) is 3.63. The summed E-state index contributed by atoms with van der Waals surface area (Å²) in [7, 11) is 0. The van der Waals surface area contributed by atoms with E-state index in [0.717, 1.165) is 18.6 Å². The third-order valence-corrected chi connectivity index (χ3v) is 3.87. The lowest BCUT2D eigenvalue weighted by Gasteiger charge is -2.33. The third kappa shape index (κ3) is 6.64. The molecule has 1 aliphatic rings. The predicted molar refractivity (Wildman–Crippen MR) is 94.0 cm³/mol. The molecule has 25 heavy (non-hydrogen) atoms. The van der Waals surface area contributed by atoms with Crippen LogP contribution >= 0.6 is 0 Å². The van der Waals surface area contributed by atoms with Crippen LogP contribution in [0, 0.1) is 12.8 Å². The van der Waals surface area contributed by atoms with Crippen molar-refractivity contribution < 1.29 is 23.5 Å². The van der Waals surface area contributed by atoms with Gasteiger partial charge in [-0.3, -0.25) is 0 Å². The molecule has 2 rings (SSSR count). The van der Waals surface area contributed by atoms with Crippen molar-refractivity contribution in [1.82, 2.24) is 4.90 Å². The molecule has 1 amide bonds. The van der Waals surface area contributed by atoms with Crippen LogP contribution in [0.4, 0.5) is 4.79 Å². The second kappa shape index (κ2) is 8.23. The summed E-state index contributed by atoms with van der Waals surface area (Å²) in [5, 5.41) is 0. The Hall–Kier alpha value is -2.24. The fraction of sp³-hybridized carbons (Fsp3) is 0.579. The zero-order valence-corrected chi connectivity index (χ0v) is 15.4. The minimum atomic E-state index is -0.484. The van der Waals surface area contributed by atoms with Crippen molar-refractivity contribution in [3.05, 3.63) is 29.7 Å². The van der Waals surface area contributed by atoms with Gasteiger partial charge in [0.15, 0.2) is 0 Å². The summed E-state index contributed by atoms with van der Waals surface area (Å²) in [5.41, 5.74) is -0.484. The Morgan fingerprint density at radius 1 is 1.28 bits per heavy atom. The van der Waals surface area contributed by atoms with Gasteiger partial charge >= 0.3 is 12.1 Å². The number of rotatable bonds is 4. The lowest BCUT2D eigenvalue weighted by molar-refractivity contribution is -0.139. The number of nitrogens with zero attached hydrogens (tertiary/aromatic N) is 1. The predicted octanol–water partition coefficient (Wildman–Crippen LogP) is 3.79. The molecule has 1 fully saturated rings. The Labute approximate surface area is 148 Å². The van der Waals surface area contributed by atoms with E-state index >= 15 is 0 Å². The Kier molecular flexibility index (Phi) is 6.28. The summed E-state index contributed by atoms with van der Waals surface area (Å²) in [5.74, 6) is 1.30. The van der Waals surface area contributed by atoms with Crippen LogP contribution in [0.1, 0.15) is 45.1 Å². The van der Waals surface area contributed by atoms with Crippen molar-refractivity contribution in [2.75, 3.05) is 19.7 Å². The molecule has 0 aromatic carbocycles. The normalized spacial score (nSPS) is 16.2. The van der Waals surface area contributed by atoms with Gasteiger partial charge in [0.1, 0.15) is 17.1 Å². The van der Waals surface area contributed by atoms with Gasteiger partial charge in [-0.05, 0) is 64.7 Å². The van der Waals surface area contributed by atoms with Crippen molar-refractivity contribution in [2.45, 2.75) is 46.1 Å². The Morgan fingerprint density at radius 3 is 2.52 bits per heavy atom. The highest BCUT2D eigenvalue weighted by molar-refractivity contribution is 5.86. The van der Waals surface area contributed by atoms with Crippen LogP contribution in [0.3, 0.4) is 0 Å². The van der Waals surface area contributed by atoms with Crippen LogP contribution in [0.15, 0.2) is 22.6 Å². The van der Waals surface area contributed by atoms with Crippen LogP contribution < -0.4 is 0 Å². The van der Waals surface area contributed by atoms with Crippen molar-refractivity contribution in [1.29, 1.82) is 0 Å². The number of ether oxygens (including phenoxy) is 2. The molecule has 2 heterocycles. The molecule has 0 spiro atoms. The van der Waals surface area contributed by atoms with Gasteiger partial charge < -0.3 is 18.8 Å². The van der Waals surface area contributed by atoms with E-state index in [4.69, 9.17) is 13.9 Å². The van der Waals surface area contributed by atoms with Crippen molar-refractivity contribution in [3.63, 3.8) is 0 Å². The molecule has 0 atom stereocenters. The molecule has 0 radical (unpaired) electrons. The molecule has 1 aromatic rings. The first-order valence-electron chi connectivity index (χ1n) is 8.62. The average molecular weight is 349 g/mol. The van der Waals surface area contributed by atoms with Crippen LogP contribution in [0.2, 0.25) is 0 Å². The van der Waals surface area contributed by atoms with Crippen LogP contribution in [0.25, 0.3) is 6.08 Å². The Morgan fingerprint density at radius 2 is 1.96 bits per heavy atom. The lowest BCUT2D eigenvalue weighted by Crippen LogP contribution is -2.42. The van der Waals surface area contributed by atoms with Gasteiger partial charge in [0.25, 0.3) is 0 Å². The van der Waals surface area contributed by atoms with E-state index in [9.17, 15) is 9.59 Å². The maximum atomic E-state index is 12.0. The zero-order chi connectivity index (χ0) is 18.4. The number of hydrogen-bond acceptors (Lipinski definition) is 5. The number of esters is 1. The van der Waals surface area contributed by atoms with Gasteiger partial charge in [-0.25, -0.2) is 9.59 Å². The van der Waals surface area contributed by atoms with Gasteiger partial charge in [-0.2, -0.15) is 0 Å². The first-order valence-corrected chi connectivity index (χ1v) is 8.62. The molecule has 6 nitrogen and oxygen atoms in total. The van der Waals surface area contributed by atoms with Gasteiger partial charge in [-0.1, -0.05) is 0 Å². The number of carbonyl (C=O) groups is 2. The number of piperidine rings is 1. The van der Waals surface area contributed by atoms with E-state index in [0.29, 0.717) is 25.5 Å². The molecular formula is C19H27NO5. The second-order valence-electron chi connectivity index (χ2n) is 7.32. The maximum absolute atomic E-state index is 12.0. The minimum absolute atomic E-state index is 0.266. The SMILES string of the molecule is Cc1ccc(/C=C/C(=O)OCC2CCN(C(=O)OC(C)(C)C)CC2)o1. The highest BCUT2D eigenvalue weighted by atomic mass is 16.6. The molecule has 0 saturated carbocycles. The number of amides is 1. The monoisotopic (exact) mass is 349 g/mol. The highest BCUT2D eigenvalue weighted by Crippen LogP contribution is 2.20. The van der Waals surface area contributed by atoms with Gasteiger partial charge in [0.05, 0.1) is 6.61 Å². The topological polar surface area (TPSA) is 69.0 Å². The molecular weight excluding hydrogens is 322 g/mol. The van der Waals surface area contributed by atoms with E-state index in [1.165, 1.54) is 6.08 Å². The second-order valence-corrected chi connectivity index (χ2v) is 7.32. The lowest BCUT2D eigenvalue weighted by atomic mass is 9.98. The summed E-state index contributed by atoms with van der Waals surface area (Å²) < 4.78 is 16.0. The number of aryl methyl sites for hydroxylation is 1. The van der Waals surface area contributed by atoms with E-state index in [1.54, 1.807) is 17.0 Å². The standard InChI is InChI=1S/C19H27NO5/c1-14-5-6-16(24-14)7-8-17(21)23-13-15-9-11-20(12-10-15)18(22)25-19(2,3)4/h5-8,15H,9-13H2,1-4H3/b8-7+. The van der Waals surface area contributed by atoms with E-state index < -0.39 is 5.60 Å². The molecule has 0 unspecified atom stereocenters. The summed E-state index contributed by atoms with van der Waals surface area (Å²) in [6.45, 7) is 9.02. The third-order valence-electron chi connectivity index (χ3n) is 3.87. The summed E-state index contributed by atoms with van der Waals surface area (Å²) in [6.07, 6.45) is 4.29. The average Bonchev–Trinajstić information content (AvgIpc) is 2.95. The zero-order valence-electron chi connectivity index (χ0n) is 15.4. The first kappa shape index (κ1) is 19.1. The van der Waals surface area contributed by atoms with E-state index in [2.05, 4.69) is 0 Å². The van der Waals surface area contributed by atoms with Crippen LogP contribution in [0.5, 0.6) is 0 Å². The molecule has 0 N–H and O–H groups in total. The summed E-state index contributed by atoms with van der Waals surface area (Å²) >= 11 is 0. The van der Waals surface area contributed by atoms with Crippen LogP contribution in [-0.4, -0.2) is 42.3 Å². The van der Waals surface area contributed by atoms with Crippen molar-refractivity contribution in [3.8, 4) is 0 Å². The highest BCUT2D eigenvalue weighted by Gasteiger charge is 2.27. The minimum Gasteiger partial charge on any atom is -0.462 e. The largest absolute Gasteiger partial charge is 0.462 e. The van der Waals surface area contributed by atoms with Gasteiger partial charge in [0.2, 0.25) is 0 Å². The quantitative estimate of drug-likeness (QED) is 0.611. The number of carbonyl (C=O) groups excluding carboxylic acids is 2. The molecule has 6 heteroatoms. The van der Waals surface area contributed by atoms with Crippen LogP contribution in [-0.2, 0) is 14.3 Å². The number of likely N-dealkylation sites (tertiary alicyclic amines) is 1. The van der Waals surface area contributed by atoms with Gasteiger partial charge in [0, 0.05) is 19.2 Å². The smallest absolute Gasteiger partial charge is 0.410 e. The maximum Gasteiger partial charge on any atom is 0.410 e. The number of furan rings is 1. The fourth-order valence-electron chi connectivity index (χ4n) is 2.55. The Bertz CT molecular complexity index is 618. The van der Waals surface area contributed by atoms with Crippen molar-refractivity contribution in [2.24, 2.45) is 5.92 Å². The first-order chi connectivity index (χ1) is 11.7. The fourth-order valence-corrected chi connectivity index (χ4v) is 2.55. The molecule has 1 aromatic heterocycles. The Balaban J connectivity index is 1.69.